The first-order valence-corrected chi connectivity index (χ1v) is 6.29. The number of hydrogen-bond donors (Lipinski definition) is 2. The molecule has 0 bridgehead atoms. The van der Waals surface area contributed by atoms with E-state index in [9.17, 15) is 8.78 Å². The van der Waals surface area contributed by atoms with Gasteiger partial charge in [0.25, 0.3) is 0 Å². The Labute approximate surface area is 115 Å². The maximum Gasteiger partial charge on any atom is 0.170 e. The molecule has 0 amide bonds. The van der Waals surface area contributed by atoms with Gasteiger partial charge in [-0.1, -0.05) is 5.16 Å². The molecule has 1 saturated heterocycles. The number of rotatable bonds is 2. The van der Waals surface area contributed by atoms with Gasteiger partial charge in [0.05, 0.1) is 12.7 Å². The largest absolute Gasteiger partial charge is 0.409 e. The second kappa shape index (κ2) is 5.62. The zero-order valence-electron chi connectivity index (χ0n) is 11.3. The molecule has 1 aromatic rings. The molecule has 1 fully saturated rings. The summed E-state index contributed by atoms with van der Waals surface area (Å²) in [6.45, 7) is 4.49. The second-order valence-electron chi connectivity index (χ2n) is 4.92. The van der Waals surface area contributed by atoms with Crippen LogP contribution >= 0.6 is 0 Å². The van der Waals surface area contributed by atoms with Gasteiger partial charge in [0.1, 0.15) is 17.3 Å². The van der Waals surface area contributed by atoms with Crippen molar-refractivity contribution in [2.45, 2.75) is 26.0 Å². The lowest BCUT2D eigenvalue weighted by atomic mass is 10.1. The molecule has 2 atom stereocenters. The molecule has 0 spiro atoms. The molecular formula is C13H17F2N3O2. The average molecular weight is 285 g/mol. The third-order valence-electron chi connectivity index (χ3n) is 3.32. The maximum absolute atomic E-state index is 14.2. The van der Waals surface area contributed by atoms with Crippen LogP contribution in [-0.2, 0) is 4.74 Å². The molecule has 5 nitrogen and oxygen atoms in total. The van der Waals surface area contributed by atoms with Gasteiger partial charge >= 0.3 is 0 Å². The van der Waals surface area contributed by atoms with E-state index in [4.69, 9.17) is 15.7 Å². The lowest BCUT2D eigenvalue weighted by Gasteiger charge is -2.38. The molecular weight excluding hydrogens is 268 g/mol. The van der Waals surface area contributed by atoms with Crippen LogP contribution in [0.2, 0.25) is 0 Å². The molecule has 0 aromatic heterocycles. The fourth-order valence-corrected chi connectivity index (χ4v) is 2.26. The van der Waals surface area contributed by atoms with Crippen LogP contribution in [0.15, 0.2) is 17.3 Å². The fourth-order valence-electron chi connectivity index (χ4n) is 2.26. The molecule has 2 unspecified atom stereocenters. The molecule has 110 valence electrons. The minimum atomic E-state index is -0.743. The Hall–Kier alpha value is -1.89. The third kappa shape index (κ3) is 2.67. The highest BCUT2D eigenvalue weighted by atomic mass is 19.1. The molecule has 20 heavy (non-hydrogen) atoms. The topological polar surface area (TPSA) is 71.1 Å². The lowest BCUT2D eigenvalue weighted by Crippen LogP contribution is -2.48. The number of hydrogen-bond acceptors (Lipinski definition) is 4. The van der Waals surface area contributed by atoms with E-state index in [1.165, 1.54) is 0 Å². The van der Waals surface area contributed by atoms with Gasteiger partial charge < -0.3 is 20.6 Å². The first-order valence-electron chi connectivity index (χ1n) is 6.29. The standard InChI is InChI=1S/C13H17F2N3O2/c1-7-6-20-8(2)5-18(7)12-10(14)3-9(4-11(12)15)13(16)17-19/h3-4,7-8,19H,5-6H2,1-2H3,(H2,16,17). The number of halogens is 2. The highest BCUT2D eigenvalue weighted by molar-refractivity contribution is 5.97. The summed E-state index contributed by atoms with van der Waals surface area (Å²) in [6, 6.07) is 1.98. The van der Waals surface area contributed by atoms with E-state index in [1.54, 1.807) is 4.90 Å². The first-order chi connectivity index (χ1) is 9.43. The number of amidine groups is 1. The molecule has 1 heterocycles. The minimum absolute atomic E-state index is 0.000195. The lowest BCUT2D eigenvalue weighted by molar-refractivity contribution is 0.0338. The van der Waals surface area contributed by atoms with E-state index in [2.05, 4.69) is 5.16 Å². The van der Waals surface area contributed by atoms with Crippen LogP contribution in [0, 0.1) is 11.6 Å². The molecule has 0 aliphatic carbocycles. The third-order valence-corrected chi connectivity index (χ3v) is 3.32. The molecule has 3 N–H and O–H groups in total. The quantitative estimate of drug-likeness (QED) is 0.375. The zero-order valence-corrected chi connectivity index (χ0v) is 11.3. The number of nitrogens with zero attached hydrogens (tertiary/aromatic N) is 2. The van der Waals surface area contributed by atoms with Gasteiger partial charge in [-0.2, -0.15) is 0 Å². The van der Waals surface area contributed by atoms with Gasteiger partial charge in [-0.3, -0.25) is 0 Å². The number of oxime groups is 1. The Morgan fingerprint density at radius 1 is 1.40 bits per heavy atom. The Balaban J connectivity index is 2.42. The van der Waals surface area contributed by atoms with Crippen LogP contribution in [0.5, 0.6) is 0 Å². The van der Waals surface area contributed by atoms with Crippen molar-refractivity contribution in [3.05, 3.63) is 29.3 Å². The Kier molecular flexibility index (Phi) is 4.08. The normalized spacial score (nSPS) is 24.0. The highest BCUT2D eigenvalue weighted by Crippen LogP contribution is 2.29. The molecule has 0 saturated carbocycles. The van der Waals surface area contributed by atoms with Crippen LogP contribution in [0.4, 0.5) is 14.5 Å². The van der Waals surface area contributed by atoms with E-state index in [0.717, 1.165) is 12.1 Å². The van der Waals surface area contributed by atoms with Gasteiger partial charge in [0.2, 0.25) is 0 Å². The van der Waals surface area contributed by atoms with Crippen LogP contribution in [0.3, 0.4) is 0 Å². The summed E-state index contributed by atoms with van der Waals surface area (Å²) in [6.07, 6.45) is -0.103. The SMILES string of the molecule is CC1CN(c2c(F)cc(C(N)=NO)cc2F)C(C)CO1. The van der Waals surface area contributed by atoms with Crippen molar-refractivity contribution in [3.63, 3.8) is 0 Å². The van der Waals surface area contributed by atoms with Crippen molar-refractivity contribution in [2.24, 2.45) is 10.9 Å². The Morgan fingerprint density at radius 2 is 2.00 bits per heavy atom. The van der Waals surface area contributed by atoms with Gasteiger partial charge in [0.15, 0.2) is 5.84 Å². The summed E-state index contributed by atoms with van der Waals surface area (Å²) in [5.74, 6) is -1.82. The Morgan fingerprint density at radius 3 is 2.55 bits per heavy atom. The van der Waals surface area contributed by atoms with Crippen LogP contribution in [-0.4, -0.2) is 36.3 Å². The summed E-state index contributed by atoms with van der Waals surface area (Å²) < 4.78 is 33.8. The number of morpholine rings is 1. The summed E-state index contributed by atoms with van der Waals surface area (Å²) in [5, 5.41) is 11.3. The van der Waals surface area contributed by atoms with Crippen molar-refractivity contribution >= 4 is 11.5 Å². The minimum Gasteiger partial charge on any atom is -0.409 e. The van der Waals surface area contributed by atoms with Gasteiger partial charge in [-0.15, -0.1) is 0 Å². The summed E-state index contributed by atoms with van der Waals surface area (Å²) in [4.78, 5) is 1.63. The monoisotopic (exact) mass is 285 g/mol. The van der Waals surface area contributed by atoms with Crippen LogP contribution in [0.1, 0.15) is 19.4 Å². The smallest absolute Gasteiger partial charge is 0.170 e. The van der Waals surface area contributed by atoms with E-state index in [1.807, 2.05) is 13.8 Å². The number of benzene rings is 1. The van der Waals surface area contributed by atoms with E-state index >= 15 is 0 Å². The number of ether oxygens (including phenoxy) is 1. The highest BCUT2D eigenvalue weighted by Gasteiger charge is 2.28. The molecule has 1 aromatic carbocycles. The van der Waals surface area contributed by atoms with Gasteiger partial charge in [-0.05, 0) is 26.0 Å². The van der Waals surface area contributed by atoms with Crippen molar-refractivity contribution < 1.29 is 18.7 Å². The molecule has 2 rings (SSSR count). The van der Waals surface area contributed by atoms with Crippen molar-refractivity contribution in [2.75, 3.05) is 18.1 Å². The fraction of sp³-hybridized carbons (Fsp3) is 0.462. The summed E-state index contributed by atoms with van der Waals surface area (Å²) >= 11 is 0. The first kappa shape index (κ1) is 14.5. The zero-order chi connectivity index (χ0) is 14.9. The van der Waals surface area contributed by atoms with Gasteiger partial charge in [0, 0.05) is 18.2 Å². The van der Waals surface area contributed by atoms with Crippen molar-refractivity contribution in [1.82, 2.24) is 0 Å². The van der Waals surface area contributed by atoms with E-state index in [0.29, 0.717) is 13.2 Å². The average Bonchev–Trinajstić information content (AvgIpc) is 2.40. The number of nitrogens with two attached hydrogens (primary N) is 1. The summed E-state index contributed by atoms with van der Waals surface area (Å²) in [7, 11) is 0. The molecule has 1 aliphatic rings. The predicted molar refractivity (Wildman–Crippen MR) is 71.1 cm³/mol. The second-order valence-corrected chi connectivity index (χ2v) is 4.92. The molecule has 1 aliphatic heterocycles. The van der Waals surface area contributed by atoms with Crippen LogP contribution in [0.25, 0.3) is 0 Å². The van der Waals surface area contributed by atoms with Crippen LogP contribution < -0.4 is 10.6 Å². The van der Waals surface area contributed by atoms with E-state index in [-0.39, 0.29) is 29.2 Å². The molecule has 7 heteroatoms. The maximum atomic E-state index is 14.2. The summed E-state index contributed by atoms with van der Waals surface area (Å²) in [5.41, 5.74) is 5.23. The van der Waals surface area contributed by atoms with Crippen molar-refractivity contribution in [1.29, 1.82) is 0 Å². The van der Waals surface area contributed by atoms with Gasteiger partial charge in [-0.25, -0.2) is 8.78 Å². The molecule has 0 radical (unpaired) electrons. The van der Waals surface area contributed by atoms with Crippen molar-refractivity contribution in [3.8, 4) is 0 Å². The number of anilines is 1. The Bertz CT molecular complexity index is 513. The van der Waals surface area contributed by atoms with E-state index < -0.39 is 11.6 Å². The predicted octanol–water partition coefficient (Wildman–Crippen LogP) is 1.67.